The number of hydrogen-bond donors (Lipinski definition) is 2. The maximum Gasteiger partial charge on any atom is 0.420 e. The van der Waals surface area contributed by atoms with E-state index in [-0.39, 0.29) is 39.9 Å². The third kappa shape index (κ3) is 4.03. The highest BCUT2D eigenvalue weighted by atomic mass is 32.2. The fourth-order valence-corrected chi connectivity index (χ4v) is 5.72. The van der Waals surface area contributed by atoms with Crippen molar-refractivity contribution in [3.8, 4) is 0 Å². The number of nitrogens with one attached hydrogen (secondary N) is 2. The van der Waals surface area contributed by atoms with Gasteiger partial charge in [0.05, 0.1) is 11.4 Å². The molecule has 2 N–H and O–H groups in total. The van der Waals surface area contributed by atoms with E-state index in [9.17, 15) is 31.8 Å². The largest absolute Gasteiger partial charge is 0.618 e. The summed E-state index contributed by atoms with van der Waals surface area (Å²) in [7, 11) is -3.45. The number of amides is 1. The monoisotopic (exact) mass is 501 g/mol. The van der Waals surface area contributed by atoms with Crippen LogP contribution in [0.5, 0.6) is 0 Å². The molecule has 0 aromatic carbocycles. The summed E-state index contributed by atoms with van der Waals surface area (Å²) in [5, 5.41) is 18.0. The quantitative estimate of drug-likeness (QED) is 0.356. The molecule has 2 atom stereocenters. The summed E-state index contributed by atoms with van der Waals surface area (Å²) in [6.45, 7) is 0.0725. The number of halogens is 4. The fraction of sp³-hybridized carbons (Fsp3) is 0.571. The molecule has 3 saturated carbocycles. The first-order valence-electron chi connectivity index (χ1n) is 10.9. The Morgan fingerprint density at radius 2 is 2.03 bits per heavy atom. The minimum atomic E-state index is -4.82. The number of hydrogen-bond acceptors (Lipinski definition) is 5. The molecule has 0 saturated heterocycles. The molecule has 0 aliphatic heterocycles. The van der Waals surface area contributed by atoms with E-state index in [4.69, 9.17) is 4.78 Å². The molecule has 3 fully saturated rings. The average Bonchev–Trinajstić information content (AvgIpc) is 3.59. The van der Waals surface area contributed by atoms with Crippen molar-refractivity contribution >= 4 is 21.3 Å². The second-order valence-electron chi connectivity index (χ2n) is 9.75. The maximum absolute atomic E-state index is 14.1. The summed E-state index contributed by atoms with van der Waals surface area (Å²) in [5.74, 6) is -1.51. The smallest absolute Gasteiger partial charge is 0.420 e. The molecule has 1 amide bonds. The predicted octanol–water partition coefficient (Wildman–Crippen LogP) is 3.84. The van der Waals surface area contributed by atoms with Crippen LogP contribution in [0.15, 0.2) is 23.4 Å². The second kappa shape index (κ2) is 7.40. The second-order valence-corrected chi connectivity index (χ2v) is 11.9. The van der Waals surface area contributed by atoms with E-state index in [0.717, 1.165) is 29.3 Å². The van der Waals surface area contributed by atoms with Gasteiger partial charge in [0.15, 0.2) is 6.20 Å². The molecule has 5 rings (SSSR count). The lowest BCUT2D eigenvalue weighted by atomic mass is 9.71. The molecule has 3 aliphatic carbocycles. The van der Waals surface area contributed by atoms with Crippen molar-refractivity contribution in [1.82, 2.24) is 9.78 Å². The van der Waals surface area contributed by atoms with Gasteiger partial charge in [-0.15, -0.1) is 0 Å². The molecule has 0 bridgehead atoms. The van der Waals surface area contributed by atoms with Gasteiger partial charge in [0.1, 0.15) is 27.2 Å². The SMILES string of the molecule is CS(=N)(=O)c1cc(NC(=O)c2c(C(F)(F)F)c(C3CC3)nn2CC2CC3(C2)CC3F)cc[n+]1[O-]. The zero-order valence-electron chi connectivity index (χ0n) is 18.2. The van der Waals surface area contributed by atoms with E-state index in [1.54, 1.807) is 0 Å². The van der Waals surface area contributed by atoms with Gasteiger partial charge in [-0.1, -0.05) is 0 Å². The van der Waals surface area contributed by atoms with Crippen molar-refractivity contribution in [2.75, 3.05) is 11.6 Å². The molecule has 34 heavy (non-hydrogen) atoms. The highest BCUT2D eigenvalue weighted by molar-refractivity contribution is 7.91. The Labute approximate surface area is 192 Å². The molecule has 2 aromatic rings. The molecule has 2 unspecified atom stereocenters. The van der Waals surface area contributed by atoms with Crippen molar-refractivity contribution in [2.45, 2.75) is 61.9 Å². The van der Waals surface area contributed by atoms with Gasteiger partial charge in [0.25, 0.3) is 10.9 Å². The lowest BCUT2D eigenvalue weighted by Gasteiger charge is -2.35. The average molecular weight is 502 g/mol. The minimum absolute atomic E-state index is 0.0661. The van der Waals surface area contributed by atoms with Crippen molar-refractivity contribution in [2.24, 2.45) is 11.3 Å². The van der Waals surface area contributed by atoms with E-state index in [1.807, 2.05) is 0 Å². The Morgan fingerprint density at radius 1 is 1.38 bits per heavy atom. The number of carbonyl (C=O) groups excluding carboxylic acids is 1. The summed E-state index contributed by atoms with van der Waals surface area (Å²) in [5.41, 5.74) is -2.28. The van der Waals surface area contributed by atoms with Crippen molar-refractivity contribution in [3.63, 3.8) is 0 Å². The van der Waals surface area contributed by atoms with E-state index in [2.05, 4.69) is 10.4 Å². The van der Waals surface area contributed by atoms with Gasteiger partial charge in [0, 0.05) is 36.3 Å². The normalized spacial score (nSPS) is 27.8. The number of carbonyl (C=O) groups is 1. The first-order chi connectivity index (χ1) is 15.8. The van der Waals surface area contributed by atoms with Gasteiger partial charge >= 0.3 is 6.18 Å². The number of pyridine rings is 1. The van der Waals surface area contributed by atoms with E-state index >= 15 is 0 Å². The Balaban J connectivity index is 1.49. The number of alkyl halides is 4. The van der Waals surface area contributed by atoms with Gasteiger partial charge in [-0.2, -0.15) is 23.0 Å². The minimum Gasteiger partial charge on any atom is -0.618 e. The summed E-state index contributed by atoms with van der Waals surface area (Å²) in [6.07, 6.45) is -1.05. The van der Waals surface area contributed by atoms with E-state index in [1.165, 1.54) is 0 Å². The van der Waals surface area contributed by atoms with Gasteiger partial charge in [0.2, 0.25) is 0 Å². The Hall–Kier alpha value is -2.70. The first kappa shape index (κ1) is 23.1. The Morgan fingerprint density at radius 3 is 2.56 bits per heavy atom. The lowest BCUT2D eigenvalue weighted by molar-refractivity contribution is -0.646. The molecule has 3 aliphatic rings. The molecular weight excluding hydrogens is 478 g/mol. The molecule has 2 aromatic heterocycles. The van der Waals surface area contributed by atoms with Crippen LogP contribution in [0.3, 0.4) is 0 Å². The van der Waals surface area contributed by atoms with Crippen molar-refractivity contribution in [3.05, 3.63) is 40.5 Å². The van der Waals surface area contributed by atoms with Crippen LogP contribution in [0.4, 0.5) is 23.2 Å². The highest BCUT2D eigenvalue weighted by Gasteiger charge is 2.62. The summed E-state index contributed by atoms with van der Waals surface area (Å²) >= 11 is 0. The highest BCUT2D eigenvalue weighted by Crippen LogP contribution is 2.65. The number of rotatable bonds is 6. The molecule has 184 valence electrons. The van der Waals surface area contributed by atoms with Crippen LogP contribution >= 0.6 is 0 Å². The lowest BCUT2D eigenvalue weighted by Crippen LogP contribution is -2.34. The first-order valence-corrected chi connectivity index (χ1v) is 12.9. The van der Waals surface area contributed by atoms with Gasteiger partial charge in [-0.25, -0.2) is 13.4 Å². The molecule has 8 nitrogen and oxygen atoms in total. The molecule has 0 radical (unpaired) electrons. The van der Waals surface area contributed by atoms with Crippen LogP contribution in [0.25, 0.3) is 0 Å². The van der Waals surface area contributed by atoms with Crippen LogP contribution < -0.4 is 10.0 Å². The number of aromatic nitrogens is 3. The third-order valence-corrected chi connectivity index (χ3v) is 7.99. The standard InChI is InChI=1S/C21H23F4N5O3S/c1-34(26,33)15-6-13(4-5-30(15)32)27-19(31)18-16(21(23,24)25)17(12-2-3-12)28-29(18)10-11-7-20(8-11)9-14(20)22/h4-6,11-12,14,26H,2-3,7-10H2,1H3,(H,27,31). The van der Waals surface area contributed by atoms with Crippen LogP contribution in [0.2, 0.25) is 0 Å². The fourth-order valence-electron chi connectivity index (χ4n) is 4.97. The molecular formula is C21H23F4N5O3S. The summed E-state index contributed by atoms with van der Waals surface area (Å²) in [4.78, 5) is 13.1. The zero-order chi connectivity index (χ0) is 24.6. The third-order valence-electron chi connectivity index (χ3n) is 6.90. The molecule has 13 heteroatoms. The predicted molar refractivity (Wildman–Crippen MR) is 112 cm³/mol. The summed E-state index contributed by atoms with van der Waals surface area (Å²) in [6, 6.07) is 2.17. The number of anilines is 1. The van der Waals surface area contributed by atoms with Crippen LogP contribution in [0.1, 0.15) is 59.8 Å². The van der Waals surface area contributed by atoms with Gasteiger partial charge in [-0.3, -0.25) is 9.48 Å². The van der Waals surface area contributed by atoms with Gasteiger partial charge in [-0.05, 0) is 38.0 Å². The van der Waals surface area contributed by atoms with Crippen LogP contribution in [-0.2, 0) is 22.5 Å². The van der Waals surface area contributed by atoms with E-state index in [0.29, 0.717) is 32.1 Å². The van der Waals surface area contributed by atoms with Crippen LogP contribution in [0, 0.1) is 21.3 Å². The van der Waals surface area contributed by atoms with Crippen molar-refractivity contribution < 1.29 is 31.3 Å². The topological polar surface area (TPSA) is 115 Å². The zero-order valence-corrected chi connectivity index (χ0v) is 19.0. The summed E-state index contributed by atoms with van der Waals surface area (Å²) < 4.78 is 76.8. The Kier molecular flexibility index (Phi) is 5.02. The molecule has 1 spiro atoms. The van der Waals surface area contributed by atoms with Gasteiger partial charge < -0.3 is 10.5 Å². The van der Waals surface area contributed by atoms with Crippen molar-refractivity contribution in [1.29, 1.82) is 4.78 Å². The number of nitrogens with zero attached hydrogens (tertiary/aromatic N) is 3. The Bertz CT molecular complexity index is 1280. The van der Waals surface area contributed by atoms with Crippen LogP contribution in [-0.4, -0.2) is 32.3 Å². The maximum atomic E-state index is 14.1. The van der Waals surface area contributed by atoms with E-state index < -0.39 is 44.3 Å². The molecule has 2 heterocycles.